The van der Waals surface area contributed by atoms with Gasteiger partial charge in [-0.3, -0.25) is 0 Å². The first-order chi connectivity index (χ1) is 9.36. The van der Waals surface area contributed by atoms with Crippen molar-refractivity contribution < 1.29 is 48.7 Å². The summed E-state index contributed by atoms with van der Waals surface area (Å²) in [7, 11) is -3.66. The molecule has 0 radical (unpaired) electrons. The molecule has 0 saturated carbocycles. The van der Waals surface area contributed by atoms with Gasteiger partial charge in [0.25, 0.3) is 0 Å². The monoisotopic (exact) mass is 352 g/mol. The normalized spacial score (nSPS) is 22.4. The molecular formula is C9H13F8O3P. The van der Waals surface area contributed by atoms with Crippen molar-refractivity contribution in [3.05, 3.63) is 0 Å². The molecule has 1 heterocycles. The number of halogens is 8. The predicted octanol–water partition coefficient (Wildman–Crippen LogP) is 3.74. The van der Waals surface area contributed by atoms with Gasteiger partial charge in [-0.1, -0.05) is 0 Å². The average Bonchev–Trinajstić information content (AvgIpc) is 2.37. The summed E-state index contributed by atoms with van der Waals surface area (Å²) in [5.74, 6) is -18.0. The third-order valence-electron chi connectivity index (χ3n) is 2.68. The average molecular weight is 352 g/mol. The van der Waals surface area contributed by atoms with E-state index in [-0.39, 0.29) is 13.2 Å². The Bertz CT molecular complexity index is 359. The molecular weight excluding hydrogens is 339 g/mol. The molecule has 1 aliphatic rings. The van der Waals surface area contributed by atoms with Gasteiger partial charge in [-0.2, -0.15) is 0 Å². The molecule has 0 unspecified atom stereocenters. The Labute approximate surface area is 115 Å². The van der Waals surface area contributed by atoms with Gasteiger partial charge in [0.05, 0.1) is 0 Å². The Morgan fingerprint density at radius 3 is 1.95 bits per heavy atom. The van der Waals surface area contributed by atoms with Crippen molar-refractivity contribution in [1.29, 1.82) is 0 Å². The van der Waals surface area contributed by atoms with Crippen LogP contribution in [0.15, 0.2) is 0 Å². The van der Waals surface area contributed by atoms with E-state index in [9.17, 15) is 35.1 Å². The van der Waals surface area contributed by atoms with Crippen molar-refractivity contribution in [3.8, 4) is 0 Å². The fourth-order valence-electron chi connectivity index (χ4n) is 1.39. The van der Waals surface area contributed by atoms with Crippen molar-refractivity contribution in [2.45, 2.75) is 30.6 Å². The first-order valence-corrected chi connectivity index (χ1v) is 7.92. The van der Waals surface area contributed by atoms with E-state index in [1.54, 1.807) is 0 Å². The molecule has 3 nitrogen and oxygen atoms in total. The molecule has 1 rings (SSSR count). The van der Waals surface area contributed by atoms with E-state index in [2.05, 4.69) is 4.52 Å². The second-order valence-corrected chi connectivity index (χ2v) is 6.99. The quantitative estimate of drug-likeness (QED) is 0.539. The molecule has 0 aromatic heterocycles. The summed E-state index contributed by atoms with van der Waals surface area (Å²) in [5.41, 5.74) is 0. The van der Waals surface area contributed by atoms with E-state index in [0.29, 0.717) is 6.42 Å². The summed E-state index contributed by atoms with van der Waals surface area (Å²) in [4.78, 5) is 0. The Morgan fingerprint density at radius 2 is 1.52 bits per heavy atom. The van der Waals surface area contributed by atoms with E-state index in [0.717, 1.165) is 6.66 Å². The minimum atomic E-state index is -6.28. The third-order valence-corrected chi connectivity index (χ3v) is 4.81. The molecule has 0 aromatic rings. The Balaban J connectivity index is 2.80. The van der Waals surface area contributed by atoms with Crippen LogP contribution in [0.3, 0.4) is 0 Å². The zero-order valence-electron chi connectivity index (χ0n) is 10.7. The predicted molar refractivity (Wildman–Crippen MR) is 57.6 cm³/mol. The van der Waals surface area contributed by atoms with Crippen LogP contribution in [0.5, 0.6) is 0 Å². The first-order valence-electron chi connectivity index (χ1n) is 5.69. The molecule has 1 aliphatic heterocycles. The van der Waals surface area contributed by atoms with Crippen LogP contribution in [0.25, 0.3) is 0 Å². The Kier molecular flexibility index (Phi) is 5.46. The number of alkyl halides is 8. The topological polar surface area (TPSA) is 27.7 Å². The molecule has 12 heteroatoms. The van der Waals surface area contributed by atoms with Gasteiger partial charge in [0.15, 0.2) is 0 Å². The summed E-state index contributed by atoms with van der Waals surface area (Å²) in [6.45, 7) is -0.980. The molecule has 0 bridgehead atoms. The van der Waals surface area contributed by atoms with Gasteiger partial charge in [-0.25, -0.2) is 0 Å². The van der Waals surface area contributed by atoms with Gasteiger partial charge in [-0.05, 0) is 0 Å². The van der Waals surface area contributed by atoms with Crippen molar-refractivity contribution in [2.75, 3.05) is 26.5 Å². The first kappa shape index (κ1) is 18.8. The van der Waals surface area contributed by atoms with Crippen LogP contribution >= 0.6 is 7.94 Å². The number of rotatable bonds is 6. The standard InChI is InChI=1S/C9H13F8O3P/c1-21(18-3-2-4-19-21)20-5-7(12,13)9(16,17)8(14,15)6(10)11/h6,21H,2-5H2,1H3. The fourth-order valence-corrected chi connectivity index (χ4v) is 3.12. The molecule has 21 heavy (non-hydrogen) atoms. The Morgan fingerprint density at radius 1 is 1.05 bits per heavy atom. The molecule has 128 valence electrons. The maximum absolute atomic E-state index is 13.2. The van der Waals surface area contributed by atoms with Gasteiger partial charge < -0.3 is 0 Å². The molecule has 0 spiro atoms. The molecule has 0 aromatic carbocycles. The van der Waals surface area contributed by atoms with Crippen LogP contribution in [0.2, 0.25) is 0 Å². The second-order valence-electron chi connectivity index (χ2n) is 4.40. The van der Waals surface area contributed by atoms with Crippen LogP contribution in [-0.4, -0.2) is 50.7 Å². The van der Waals surface area contributed by atoms with Crippen LogP contribution in [0, 0.1) is 0 Å². The van der Waals surface area contributed by atoms with Gasteiger partial charge >= 0.3 is 114 Å². The summed E-state index contributed by atoms with van der Waals surface area (Å²) < 4.78 is 115. The second kappa shape index (κ2) is 6.10. The molecule has 0 atom stereocenters. The Hall–Kier alpha value is -0.250. The van der Waals surface area contributed by atoms with Crippen molar-refractivity contribution in [3.63, 3.8) is 0 Å². The van der Waals surface area contributed by atoms with E-state index in [1.807, 2.05) is 0 Å². The third kappa shape index (κ3) is 3.75. The van der Waals surface area contributed by atoms with Crippen LogP contribution in [-0.2, 0) is 13.6 Å². The molecule has 0 amide bonds. The fraction of sp³-hybridized carbons (Fsp3) is 1.00. The van der Waals surface area contributed by atoms with Gasteiger partial charge in [0, 0.05) is 0 Å². The zero-order chi connectivity index (χ0) is 16.5. The summed E-state index contributed by atoms with van der Waals surface area (Å²) in [6, 6.07) is 0. The van der Waals surface area contributed by atoms with Gasteiger partial charge in [-0.15, -0.1) is 0 Å². The SMILES string of the molecule is C[PH]1(OCC(F)(F)C(F)(F)C(F)(F)C(F)F)OCCCO1. The summed E-state index contributed by atoms with van der Waals surface area (Å²) >= 11 is 0. The minimum absolute atomic E-state index is 0.0673. The van der Waals surface area contributed by atoms with E-state index < -0.39 is 38.7 Å². The van der Waals surface area contributed by atoms with Crippen LogP contribution < -0.4 is 0 Å². The summed E-state index contributed by atoms with van der Waals surface area (Å²) in [5, 5.41) is 0. The van der Waals surface area contributed by atoms with Gasteiger partial charge in [0.2, 0.25) is 0 Å². The van der Waals surface area contributed by atoms with E-state index >= 15 is 0 Å². The maximum atomic E-state index is 13.2. The molecule has 0 N–H and O–H groups in total. The van der Waals surface area contributed by atoms with E-state index in [1.165, 1.54) is 0 Å². The van der Waals surface area contributed by atoms with Crippen LogP contribution in [0.4, 0.5) is 35.1 Å². The summed E-state index contributed by atoms with van der Waals surface area (Å²) in [6.07, 6.45) is -4.53. The molecule has 1 fully saturated rings. The molecule has 0 aliphatic carbocycles. The number of hydrogen-bond donors (Lipinski definition) is 0. The molecule has 1 saturated heterocycles. The van der Waals surface area contributed by atoms with Crippen molar-refractivity contribution >= 4 is 7.94 Å². The van der Waals surface area contributed by atoms with E-state index in [4.69, 9.17) is 9.05 Å². The number of hydrogen-bond acceptors (Lipinski definition) is 3. The van der Waals surface area contributed by atoms with Crippen molar-refractivity contribution in [2.24, 2.45) is 0 Å². The zero-order valence-corrected chi connectivity index (χ0v) is 11.7. The van der Waals surface area contributed by atoms with Gasteiger partial charge in [0.1, 0.15) is 0 Å². The van der Waals surface area contributed by atoms with Crippen molar-refractivity contribution in [1.82, 2.24) is 0 Å². The van der Waals surface area contributed by atoms with Crippen LogP contribution in [0.1, 0.15) is 6.42 Å².